The van der Waals surface area contributed by atoms with Gasteiger partial charge in [0.15, 0.2) is 0 Å². The Morgan fingerprint density at radius 2 is 2.04 bits per heavy atom. The second-order valence-electron chi connectivity index (χ2n) is 5.96. The number of hydrogen-bond acceptors (Lipinski definition) is 6. The molecule has 0 saturated carbocycles. The van der Waals surface area contributed by atoms with Gasteiger partial charge in [-0.25, -0.2) is 0 Å². The third kappa shape index (κ3) is 4.91. The van der Waals surface area contributed by atoms with Crippen molar-refractivity contribution in [3.63, 3.8) is 0 Å². The van der Waals surface area contributed by atoms with Crippen LogP contribution >= 0.6 is 11.3 Å². The molecule has 0 spiro atoms. The van der Waals surface area contributed by atoms with Crippen LogP contribution in [0.4, 0.5) is 0 Å². The molecule has 0 bridgehead atoms. The molecule has 1 atom stereocenters. The van der Waals surface area contributed by atoms with Gasteiger partial charge in [0.1, 0.15) is 11.9 Å². The van der Waals surface area contributed by atoms with E-state index in [1.165, 1.54) is 0 Å². The molecule has 1 aliphatic rings. The summed E-state index contributed by atoms with van der Waals surface area (Å²) in [5.41, 5.74) is 0. The Labute approximate surface area is 145 Å². The number of aliphatic hydroxyl groups is 1. The maximum absolute atomic E-state index is 12.0. The Kier molecular flexibility index (Phi) is 6.03. The zero-order valence-corrected chi connectivity index (χ0v) is 14.4. The van der Waals surface area contributed by atoms with Crippen LogP contribution in [-0.4, -0.2) is 60.1 Å². The lowest BCUT2D eigenvalue weighted by atomic mass is 10.2. The normalized spacial score (nSPS) is 17.7. The Bertz CT molecular complexity index is 607. The minimum Gasteiger partial charge on any atom is -0.467 e. The summed E-state index contributed by atoms with van der Waals surface area (Å²) in [6, 6.07) is 7.58. The summed E-state index contributed by atoms with van der Waals surface area (Å²) < 4.78 is 5.20. The van der Waals surface area contributed by atoms with Crippen molar-refractivity contribution in [2.75, 3.05) is 39.3 Å². The highest BCUT2D eigenvalue weighted by Gasteiger charge is 2.21. The molecule has 1 fully saturated rings. The van der Waals surface area contributed by atoms with E-state index in [4.69, 9.17) is 4.42 Å². The number of thiophene rings is 1. The topological polar surface area (TPSA) is 69.0 Å². The molecule has 1 amide bonds. The molecule has 2 aromatic heterocycles. The van der Waals surface area contributed by atoms with Crippen LogP contribution in [0.2, 0.25) is 0 Å². The summed E-state index contributed by atoms with van der Waals surface area (Å²) in [4.78, 5) is 17.4. The van der Waals surface area contributed by atoms with Crippen LogP contribution in [0.1, 0.15) is 16.7 Å². The molecule has 0 aromatic carbocycles. The molecule has 2 aromatic rings. The predicted octanol–water partition coefficient (Wildman–Crippen LogP) is 1.31. The number of amides is 1. The molecule has 3 rings (SSSR count). The molecule has 24 heavy (non-hydrogen) atoms. The largest absolute Gasteiger partial charge is 0.467 e. The van der Waals surface area contributed by atoms with Crippen LogP contribution in [0.5, 0.6) is 0 Å². The van der Waals surface area contributed by atoms with E-state index in [2.05, 4.69) is 15.1 Å². The molecule has 0 aliphatic carbocycles. The highest BCUT2D eigenvalue weighted by atomic mass is 32.1. The summed E-state index contributed by atoms with van der Waals surface area (Å²) in [5, 5.41) is 15.1. The van der Waals surface area contributed by atoms with Gasteiger partial charge in [-0.05, 0) is 23.6 Å². The number of piperazine rings is 1. The Balaban J connectivity index is 1.35. The number of carbonyl (C=O) groups is 1. The third-order valence-corrected chi connectivity index (χ3v) is 5.15. The fraction of sp³-hybridized carbons (Fsp3) is 0.471. The number of furan rings is 1. The summed E-state index contributed by atoms with van der Waals surface area (Å²) in [7, 11) is 0. The number of hydrogen-bond donors (Lipinski definition) is 2. The van der Waals surface area contributed by atoms with E-state index in [-0.39, 0.29) is 5.91 Å². The van der Waals surface area contributed by atoms with Gasteiger partial charge < -0.3 is 14.8 Å². The van der Waals surface area contributed by atoms with Crippen molar-refractivity contribution >= 4 is 17.2 Å². The van der Waals surface area contributed by atoms with E-state index in [1.807, 2.05) is 29.6 Å². The third-order valence-electron chi connectivity index (χ3n) is 4.17. The standard InChI is InChI=1S/C17H23N3O3S/c21-15(16-4-2-10-24-16)12-19-5-7-20(8-6-19)13-17(22)18-11-14-3-1-9-23-14/h1-4,9-10,15,21H,5-8,11-13H2,(H,18,22). The van der Waals surface area contributed by atoms with Gasteiger partial charge >= 0.3 is 0 Å². The number of carbonyl (C=O) groups excluding carboxylic acids is 1. The maximum atomic E-state index is 12.0. The van der Waals surface area contributed by atoms with E-state index < -0.39 is 6.10 Å². The van der Waals surface area contributed by atoms with Gasteiger partial charge in [0, 0.05) is 37.6 Å². The summed E-state index contributed by atoms with van der Waals surface area (Å²) in [5.74, 6) is 0.772. The van der Waals surface area contributed by atoms with Gasteiger partial charge in [0.05, 0.1) is 19.4 Å². The molecule has 1 unspecified atom stereocenters. The van der Waals surface area contributed by atoms with Crippen molar-refractivity contribution in [1.29, 1.82) is 0 Å². The number of rotatable bonds is 7. The van der Waals surface area contributed by atoms with Crippen molar-refractivity contribution < 1.29 is 14.3 Å². The summed E-state index contributed by atoms with van der Waals surface area (Å²) >= 11 is 1.59. The molecule has 130 valence electrons. The fourth-order valence-corrected chi connectivity index (χ4v) is 3.51. The zero-order chi connectivity index (χ0) is 16.8. The molecule has 1 aliphatic heterocycles. The molecule has 3 heterocycles. The first-order valence-electron chi connectivity index (χ1n) is 8.16. The van der Waals surface area contributed by atoms with Crippen LogP contribution in [0.15, 0.2) is 40.3 Å². The molecule has 1 saturated heterocycles. The molecular weight excluding hydrogens is 326 g/mol. The smallest absolute Gasteiger partial charge is 0.234 e. The van der Waals surface area contributed by atoms with Gasteiger partial charge in [-0.15, -0.1) is 11.3 Å². The lowest BCUT2D eigenvalue weighted by Crippen LogP contribution is -2.50. The first-order valence-corrected chi connectivity index (χ1v) is 9.04. The van der Waals surface area contributed by atoms with Crippen molar-refractivity contribution in [2.24, 2.45) is 0 Å². The van der Waals surface area contributed by atoms with E-state index in [9.17, 15) is 9.90 Å². The molecule has 7 heteroatoms. The second-order valence-corrected chi connectivity index (χ2v) is 6.94. The SMILES string of the molecule is O=C(CN1CCN(CC(O)c2cccs2)CC1)NCc1ccco1. The Morgan fingerprint density at radius 3 is 2.71 bits per heavy atom. The van der Waals surface area contributed by atoms with Gasteiger partial charge in [0.2, 0.25) is 5.91 Å². The Hall–Kier alpha value is -1.67. The van der Waals surface area contributed by atoms with Gasteiger partial charge in [-0.3, -0.25) is 14.6 Å². The second kappa shape index (κ2) is 8.43. The zero-order valence-electron chi connectivity index (χ0n) is 13.6. The van der Waals surface area contributed by atoms with Crippen molar-refractivity contribution in [3.8, 4) is 0 Å². The average molecular weight is 349 g/mol. The van der Waals surface area contributed by atoms with Crippen LogP contribution in [0, 0.1) is 0 Å². The van der Waals surface area contributed by atoms with Crippen molar-refractivity contribution in [1.82, 2.24) is 15.1 Å². The van der Waals surface area contributed by atoms with E-state index in [1.54, 1.807) is 17.6 Å². The lowest BCUT2D eigenvalue weighted by Gasteiger charge is -2.35. The van der Waals surface area contributed by atoms with E-state index >= 15 is 0 Å². The monoisotopic (exact) mass is 349 g/mol. The number of aliphatic hydroxyl groups excluding tert-OH is 1. The van der Waals surface area contributed by atoms with Crippen molar-refractivity contribution in [3.05, 3.63) is 46.5 Å². The molecule has 0 radical (unpaired) electrons. The number of β-amino-alcohol motifs (C(OH)–C–C–N with tert-alkyl or cyclic N) is 1. The molecule has 2 N–H and O–H groups in total. The van der Waals surface area contributed by atoms with Crippen LogP contribution in [-0.2, 0) is 11.3 Å². The minimum absolute atomic E-state index is 0.0125. The average Bonchev–Trinajstić information content (AvgIpc) is 3.28. The van der Waals surface area contributed by atoms with Crippen LogP contribution in [0.3, 0.4) is 0 Å². The number of nitrogens with zero attached hydrogens (tertiary/aromatic N) is 2. The van der Waals surface area contributed by atoms with Gasteiger partial charge in [-0.2, -0.15) is 0 Å². The Morgan fingerprint density at radius 1 is 1.25 bits per heavy atom. The first-order chi connectivity index (χ1) is 11.7. The van der Waals surface area contributed by atoms with Crippen molar-refractivity contribution in [2.45, 2.75) is 12.6 Å². The van der Waals surface area contributed by atoms with Crippen LogP contribution < -0.4 is 5.32 Å². The van der Waals surface area contributed by atoms with Gasteiger partial charge in [-0.1, -0.05) is 6.07 Å². The molecular formula is C17H23N3O3S. The highest BCUT2D eigenvalue weighted by molar-refractivity contribution is 7.10. The summed E-state index contributed by atoms with van der Waals surface area (Å²) in [6.07, 6.45) is 1.18. The predicted molar refractivity (Wildman–Crippen MR) is 92.7 cm³/mol. The van der Waals surface area contributed by atoms with Gasteiger partial charge in [0.25, 0.3) is 0 Å². The summed E-state index contributed by atoms with van der Waals surface area (Å²) in [6.45, 7) is 4.90. The van der Waals surface area contributed by atoms with E-state index in [0.717, 1.165) is 36.8 Å². The minimum atomic E-state index is -0.423. The lowest BCUT2D eigenvalue weighted by molar-refractivity contribution is -0.123. The highest BCUT2D eigenvalue weighted by Crippen LogP contribution is 2.20. The maximum Gasteiger partial charge on any atom is 0.234 e. The molecule has 6 nitrogen and oxygen atoms in total. The van der Waals surface area contributed by atoms with Crippen LogP contribution in [0.25, 0.3) is 0 Å². The quantitative estimate of drug-likeness (QED) is 0.789. The first kappa shape index (κ1) is 17.2. The van der Waals surface area contributed by atoms with E-state index in [0.29, 0.717) is 19.6 Å². The number of nitrogens with one attached hydrogen (secondary N) is 1. The fourth-order valence-electron chi connectivity index (χ4n) is 2.80.